The molecule has 4 heteroatoms. The van der Waals surface area contributed by atoms with Crippen molar-refractivity contribution >= 4 is 5.91 Å². The lowest BCUT2D eigenvalue weighted by atomic mass is 9.75. The number of methoxy groups -OCH3 is 1. The van der Waals surface area contributed by atoms with Gasteiger partial charge in [-0.1, -0.05) is 20.3 Å². The van der Waals surface area contributed by atoms with Gasteiger partial charge in [0.2, 0.25) is 5.91 Å². The van der Waals surface area contributed by atoms with Crippen molar-refractivity contribution in [1.82, 2.24) is 10.6 Å². The molecule has 1 aliphatic carbocycles. The average Bonchev–Trinajstić information content (AvgIpc) is 2.76. The summed E-state index contributed by atoms with van der Waals surface area (Å²) in [5, 5.41) is 6.43. The Morgan fingerprint density at radius 1 is 1.44 bits per heavy atom. The van der Waals surface area contributed by atoms with Gasteiger partial charge in [-0.25, -0.2) is 0 Å². The third-order valence-electron chi connectivity index (χ3n) is 4.29. The monoisotopic (exact) mass is 254 g/mol. The molecular formula is C14H26N2O2. The standard InChI is InChI=1S/C14H26N2O2/c1-14(2)6-4-5-10(8-14)16-13(17)12-7-11(18-3)9-15-12/h10-12,15H,4-9H2,1-3H3,(H,16,17). The van der Waals surface area contributed by atoms with Crippen LogP contribution in [0.1, 0.15) is 46.0 Å². The van der Waals surface area contributed by atoms with Gasteiger partial charge in [0.1, 0.15) is 0 Å². The number of amides is 1. The number of rotatable bonds is 3. The van der Waals surface area contributed by atoms with E-state index in [4.69, 9.17) is 4.74 Å². The van der Waals surface area contributed by atoms with E-state index in [2.05, 4.69) is 24.5 Å². The van der Waals surface area contributed by atoms with E-state index < -0.39 is 0 Å². The summed E-state index contributed by atoms with van der Waals surface area (Å²) >= 11 is 0. The van der Waals surface area contributed by atoms with E-state index in [9.17, 15) is 4.79 Å². The van der Waals surface area contributed by atoms with Crippen molar-refractivity contribution in [3.8, 4) is 0 Å². The van der Waals surface area contributed by atoms with Crippen molar-refractivity contribution in [3.05, 3.63) is 0 Å². The molecule has 0 bridgehead atoms. The Bertz CT molecular complexity index is 304. The smallest absolute Gasteiger partial charge is 0.237 e. The van der Waals surface area contributed by atoms with Gasteiger partial charge < -0.3 is 15.4 Å². The first kappa shape index (κ1) is 13.8. The molecule has 2 N–H and O–H groups in total. The molecule has 2 rings (SSSR count). The van der Waals surface area contributed by atoms with Crippen molar-refractivity contribution in [3.63, 3.8) is 0 Å². The summed E-state index contributed by atoms with van der Waals surface area (Å²) in [6, 6.07) is 0.282. The highest BCUT2D eigenvalue weighted by atomic mass is 16.5. The Hall–Kier alpha value is -0.610. The summed E-state index contributed by atoms with van der Waals surface area (Å²) in [5.41, 5.74) is 0.369. The van der Waals surface area contributed by atoms with Crippen LogP contribution in [0.15, 0.2) is 0 Å². The van der Waals surface area contributed by atoms with Crippen molar-refractivity contribution in [2.24, 2.45) is 5.41 Å². The summed E-state index contributed by atoms with van der Waals surface area (Å²) in [5.74, 6) is 0.150. The Morgan fingerprint density at radius 2 is 2.22 bits per heavy atom. The molecule has 4 nitrogen and oxygen atoms in total. The first-order valence-electron chi connectivity index (χ1n) is 7.07. The fourth-order valence-electron chi connectivity index (χ4n) is 3.21. The second-order valence-electron chi connectivity index (χ2n) is 6.52. The molecule has 2 aliphatic rings. The normalized spacial score (nSPS) is 35.4. The van der Waals surface area contributed by atoms with Crippen molar-refractivity contribution in [2.45, 2.75) is 64.1 Å². The minimum absolute atomic E-state index is 0.0695. The molecule has 0 aromatic heterocycles. The van der Waals surface area contributed by atoms with Crippen LogP contribution in [0.4, 0.5) is 0 Å². The van der Waals surface area contributed by atoms with Crippen LogP contribution in [0.2, 0.25) is 0 Å². The Kier molecular flexibility index (Phi) is 4.28. The van der Waals surface area contributed by atoms with Gasteiger partial charge in [0, 0.05) is 19.7 Å². The summed E-state index contributed by atoms with van der Waals surface area (Å²) in [6.45, 7) is 5.37. The van der Waals surface area contributed by atoms with Crippen LogP contribution in [0, 0.1) is 5.41 Å². The van der Waals surface area contributed by atoms with E-state index in [1.807, 2.05) is 0 Å². The third kappa shape index (κ3) is 3.45. The molecule has 3 unspecified atom stereocenters. The van der Waals surface area contributed by atoms with Crippen LogP contribution < -0.4 is 10.6 Å². The van der Waals surface area contributed by atoms with E-state index in [1.54, 1.807) is 7.11 Å². The fourth-order valence-corrected chi connectivity index (χ4v) is 3.21. The Balaban J connectivity index is 1.81. The molecule has 0 aromatic rings. The first-order chi connectivity index (χ1) is 8.50. The zero-order chi connectivity index (χ0) is 13.2. The minimum Gasteiger partial charge on any atom is -0.380 e. The maximum absolute atomic E-state index is 12.2. The van der Waals surface area contributed by atoms with E-state index in [1.165, 1.54) is 12.8 Å². The van der Waals surface area contributed by atoms with Crippen molar-refractivity contribution in [1.29, 1.82) is 0 Å². The van der Waals surface area contributed by atoms with Gasteiger partial charge in [-0.05, 0) is 31.1 Å². The van der Waals surface area contributed by atoms with Crippen molar-refractivity contribution < 1.29 is 9.53 Å². The predicted octanol–water partition coefficient (Wildman–Crippen LogP) is 1.45. The minimum atomic E-state index is -0.0695. The van der Waals surface area contributed by atoms with Crippen LogP contribution in [-0.2, 0) is 9.53 Å². The number of hydrogen-bond donors (Lipinski definition) is 2. The molecule has 104 valence electrons. The largest absolute Gasteiger partial charge is 0.380 e. The van der Waals surface area contributed by atoms with E-state index in [-0.39, 0.29) is 18.1 Å². The summed E-state index contributed by atoms with van der Waals surface area (Å²) in [7, 11) is 1.70. The molecule has 1 amide bonds. The van der Waals surface area contributed by atoms with Gasteiger partial charge in [-0.3, -0.25) is 4.79 Å². The molecule has 0 spiro atoms. The fraction of sp³-hybridized carbons (Fsp3) is 0.929. The van der Waals surface area contributed by atoms with Gasteiger partial charge in [0.05, 0.1) is 12.1 Å². The Labute approximate surface area is 110 Å². The molecule has 18 heavy (non-hydrogen) atoms. The van der Waals surface area contributed by atoms with Gasteiger partial charge in [-0.2, -0.15) is 0 Å². The third-order valence-corrected chi connectivity index (χ3v) is 4.29. The zero-order valence-corrected chi connectivity index (χ0v) is 11.8. The van der Waals surface area contributed by atoms with Crippen LogP contribution in [-0.4, -0.2) is 37.7 Å². The van der Waals surface area contributed by atoms with Crippen molar-refractivity contribution in [2.75, 3.05) is 13.7 Å². The summed E-state index contributed by atoms with van der Waals surface area (Å²) in [4.78, 5) is 12.2. The number of ether oxygens (including phenoxy) is 1. The highest BCUT2D eigenvalue weighted by molar-refractivity contribution is 5.82. The lowest BCUT2D eigenvalue weighted by Gasteiger charge is -2.36. The molecule has 1 aliphatic heterocycles. The predicted molar refractivity (Wildman–Crippen MR) is 71.4 cm³/mol. The highest BCUT2D eigenvalue weighted by Gasteiger charge is 2.33. The van der Waals surface area contributed by atoms with Crippen LogP contribution >= 0.6 is 0 Å². The van der Waals surface area contributed by atoms with E-state index >= 15 is 0 Å². The number of nitrogens with one attached hydrogen (secondary N) is 2. The van der Waals surface area contributed by atoms with Gasteiger partial charge >= 0.3 is 0 Å². The van der Waals surface area contributed by atoms with Crippen LogP contribution in [0.25, 0.3) is 0 Å². The van der Waals surface area contributed by atoms with E-state index in [0.29, 0.717) is 11.5 Å². The molecular weight excluding hydrogens is 228 g/mol. The molecule has 1 heterocycles. The highest BCUT2D eigenvalue weighted by Crippen LogP contribution is 2.35. The average molecular weight is 254 g/mol. The maximum Gasteiger partial charge on any atom is 0.237 e. The lowest BCUT2D eigenvalue weighted by molar-refractivity contribution is -0.124. The topological polar surface area (TPSA) is 50.4 Å². The number of carbonyl (C=O) groups is 1. The lowest BCUT2D eigenvalue weighted by Crippen LogP contribution is -2.47. The molecule has 2 fully saturated rings. The summed E-state index contributed by atoms with van der Waals surface area (Å²) < 4.78 is 5.27. The first-order valence-corrected chi connectivity index (χ1v) is 7.07. The number of carbonyl (C=O) groups excluding carboxylic acids is 1. The molecule has 0 aromatic carbocycles. The van der Waals surface area contributed by atoms with E-state index in [0.717, 1.165) is 25.8 Å². The van der Waals surface area contributed by atoms with Crippen LogP contribution in [0.5, 0.6) is 0 Å². The summed E-state index contributed by atoms with van der Waals surface area (Å²) in [6.07, 6.45) is 5.68. The van der Waals surface area contributed by atoms with Gasteiger partial charge in [0.25, 0.3) is 0 Å². The second kappa shape index (κ2) is 5.57. The maximum atomic E-state index is 12.2. The SMILES string of the molecule is COC1CNC(C(=O)NC2CCCC(C)(C)C2)C1. The van der Waals surface area contributed by atoms with Gasteiger partial charge in [-0.15, -0.1) is 0 Å². The second-order valence-corrected chi connectivity index (χ2v) is 6.52. The molecule has 1 saturated heterocycles. The zero-order valence-electron chi connectivity index (χ0n) is 11.8. The molecule has 3 atom stereocenters. The van der Waals surface area contributed by atoms with Gasteiger partial charge in [0.15, 0.2) is 0 Å². The molecule has 1 saturated carbocycles. The molecule has 0 radical (unpaired) electrons. The number of hydrogen-bond acceptors (Lipinski definition) is 3. The van der Waals surface area contributed by atoms with Crippen LogP contribution in [0.3, 0.4) is 0 Å². The Morgan fingerprint density at radius 3 is 2.83 bits per heavy atom. The quantitative estimate of drug-likeness (QED) is 0.801.